The molecule has 4 heterocycles. The van der Waals surface area contributed by atoms with Gasteiger partial charge in [-0.05, 0) is 41.0 Å². The first-order chi connectivity index (χ1) is 22.8. The molecule has 1 atom stereocenters. The number of hydrogen-bond donors (Lipinski definition) is 0. The summed E-state index contributed by atoms with van der Waals surface area (Å²) in [6.07, 6.45) is 1.53. The number of nitrogens with zero attached hydrogens (tertiary/aromatic N) is 6. The molecule has 0 saturated carbocycles. The topological polar surface area (TPSA) is 60.5 Å². The highest BCUT2D eigenvalue weighted by Crippen LogP contribution is 2.39. The maximum Gasteiger partial charge on any atom is 0.100 e. The molecule has 0 N–H and O–H groups in total. The van der Waals surface area contributed by atoms with Gasteiger partial charge in [0.05, 0.1) is 45.1 Å². The third kappa shape index (κ3) is 3.55. The van der Waals surface area contributed by atoms with Gasteiger partial charge in [0.1, 0.15) is 6.33 Å². The van der Waals surface area contributed by atoms with Gasteiger partial charge in [0, 0.05) is 21.5 Å². The lowest BCUT2D eigenvalue weighted by atomic mass is 10.0. The number of rotatable bonds is 3. The van der Waals surface area contributed by atoms with Crippen molar-refractivity contribution in [3.8, 4) is 0 Å². The summed E-state index contributed by atoms with van der Waals surface area (Å²) in [5, 5.41) is 9.80. The van der Waals surface area contributed by atoms with Crippen LogP contribution in [0.2, 0.25) is 0 Å². The minimum Gasteiger partial charge on any atom is -0.438 e. The van der Waals surface area contributed by atoms with E-state index in [1.54, 1.807) is 0 Å². The minimum absolute atomic E-state index is 0.422. The molecular formula is C40H25N6-. The monoisotopic (exact) mass is 589 g/mol. The fraction of sp³-hybridized carbons (Fsp3) is 0.0250. The Morgan fingerprint density at radius 2 is 1.26 bits per heavy atom. The lowest BCUT2D eigenvalue weighted by molar-refractivity contribution is 0.878. The Morgan fingerprint density at radius 1 is 0.565 bits per heavy atom. The lowest BCUT2D eigenvalue weighted by Crippen LogP contribution is -2.16. The second kappa shape index (κ2) is 9.61. The summed E-state index contributed by atoms with van der Waals surface area (Å²) >= 11 is 0. The Morgan fingerprint density at radius 3 is 2.15 bits per heavy atom. The van der Waals surface area contributed by atoms with Crippen LogP contribution in [0.3, 0.4) is 0 Å². The summed E-state index contributed by atoms with van der Waals surface area (Å²) in [6, 6.07) is 48.5. The second-order valence-corrected chi connectivity index (χ2v) is 11.7. The van der Waals surface area contributed by atoms with Gasteiger partial charge in [0.2, 0.25) is 0 Å². The van der Waals surface area contributed by atoms with E-state index in [4.69, 9.17) is 20.3 Å². The molecule has 0 aliphatic carbocycles. The van der Waals surface area contributed by atoms with Crippen molar-refractivity contribution in [2.75, 3.05) is 0 Å². The number of hydrogen-bond acceptors (Lipinski definition) is 3. The van der Waals surface area contributed by atoms with Gasteiger partial charge in [-0.2, -0.15) is 0 Å². The van der Waals surface area contributed by atoms with E-state index in [9.17, 15) is 0 Å². The van der Waals surface area contributed by atoms with E-state index in [1.165, 1.54) is 10.8 Å². The van der Waals surface area contributed by atoms with Crippen LogP contribution in [0.4, 0.5) is 0 Å². The number of amidine groups is 2. The molecular weight excluding hydrogens is 564 g/mol. The van der Waals surface area contributed by atoms with Crippen LogP contribution in [0.5, 0.6) is 0 Å². The fourth-order valence-corrected chi connectivity index (χ4v) is 7.14. The van der Waals surface area contributed by atoms with Crippen molar-refractivity contribution in [2.24, 2.45) is 9.98 Å². The number of imidazole rings is 1. The van der Waals surface area contributed by atoms with E-state index in [0.717, 1.165) is 60.6 Å². The molecule has 0 amide bonds. The molecule has 1 aliphatic heterocycles. The van der Waals surface area contributed by atoms with Crippen molar-refractivity contribution < 1.29 is 0 Å². The number of benzene rings is 6. The van der Waals surface area contributed by atoms with E-state index < -0.39 is 6.17 Å². The lowest BCUT2D eigenvalue weighted by Gasteiger charge is -2.33. The van der Waals surface area contributed by atoms with Gasteiger partial charge >= 0.3 is 0 Å². The van der Waals surface area contributed by atoms with Gasteiger partial charge in [0.25, 0.3) is 0 Å². The van der Waals surface area contributed by atoms with E-state index in [0.29, 0.717) is 11.7 Å². The average molecular weight is 590 g/mol. The molecule has 0 bridgehead atoms. The largest absolute Gasteiger partial charge is 0.438 e. The molecule has 3 aromatic heterocycles. The van der Waals surface area contributed by atoms with E-state index in [2.05, 4.69) is 112 Å². The predicted molar refractivity (Wildman–Crippen MR) is 188 cm³/mol. The highest BCUT2D eigenvalue weighted by atomic mass is 15.2. The Hall–Kier alpha value is -6.27. The molecule has 1 unspecified atom stereocenters. The molecule has 6 nitrogen and oxygen atoms in total. The number of fused-ring (bicyclic) bond motifs is 7. The highest BCUT2D eigenvalue weighted by molar-refractivity contribution is 6.27. The molecule has 0 fully saturated rings. The van der Waals surface area contributed by atoms with E-state index in [-0.39, 0.29) is 0 Å². The average Bonchev–Trinajstić information content (AvgIpc) is 3.71. The van der Waals surface area contributed by atoms with E-state index >= 15 is 0 Å². The van der Waals surface area contributed by atoms with Crippen molar-refractivity contribution >= 4 is 66.3 Å². The summed E-state index contributed by atoms with van der Waals surface area (Å²) in [7, 11) is 0. The zero-order valence-electron chi connectivity index (χ0n) is 24.6. The van der Waals surface area contributed by atoms with E-state index in [1.807, 2.05) is 42.7 Å². The maximum absolute atomic E-state index is 5.24. The molecule has 0 saturated heterocycles. The highest BCUT2D eigenvalue weighted by Gasteiger charge is 2.20. The molecule has 6 heteroatoms. The van der Waals surface area contributed by atoms with Gasteiger partial charge in [-0.1, -0.05) is 121 Å². The Labute approximate surface area is 263 Å². The summed E-state index contributed by atoms with van der Waals surface area (Å²) in [5.74, 6) is 1.33. The Kier molecular flexibility index (Phi) is 5.25. The number of aromatic nitrogens is 3. The second-order valence-electron chi connectivity index (χ2n) is 11.7. The third-order valence-electron chi connectivity index (χ3n) is 9.13. The molecule has 6 aromatic carbocycles. The number of para-hydroxylation sites is 3. The molecule has 9 aromatic rings. The summed E-state index contributed by atoms with van der Waals surface area (Å²) in [5.41, 5.74) is 9.41. The van der Waals surface area contributed by atoms with Crippen LogP contribution in [0, 0.1) is 0 Å². The first-order valence-corrected chi connectivity index (χ1v) is 15.4. The zero-order valence-corrected chi connectivity index (χ0v) is 24.6. The Balaban J connectivity index is 1.39. The smallest absolute Gasteiger partial charge is 0.100 e. The van der Waals surface area contributed by atoms with Crippen LogP contribution in [0.25, 0.3) is 60.0 Å². The normalized spacial score (nSPS) is 15.2. The van der Waals surface area contributed by atoms with Crippen molar-refractivity contribution in [3.05, 3.63) is 168 Å². The summed E-state index contributed by atoms with van der Waals surface area (Å²) < 4.78 is 4.65. The molecule has 10 rings (SSSR count). The molecule has 0 radical (unpaired) electrons. The zero-order chi connectivity index (χ0) is 30.2. The van der Waals surface area contributed by atoms with Crippen molar-refractivity contribution in [1.82, 2.24) is 13.8 Å². The number of aliphatic imine (C=N–C) groups is 2. The predicted octanol–water partition coefficient (Wildman–Crippen LogP) is 9.48. The van der Waals surface area contributed by atoms with Crippen molar-refractivity contribution in [2.45, 2.75) is 6.17 Å². The van der Waals surface area contributed by atoms with Crippen LogP contribution in [-0.2, 0) is 0 Å². The van der Waals surface area contributed by atoms with Crippen molar-refractivity contribution in [1.29, 1.82) is 0 Å². The first kappa shape index (κ1) is 25.1. The van der Waals surface area contributed by atoms with Gasteiger partial charge < -0.3 is 14.7 Å². The van der Waals surface area contributed by atoms with Gasteiger partial charge in [-0.15, -0.1) is 0 Å². The SMILES string of the molecule is c1ccc(C2=NC(c3ccccc3)[N-]C(c3cccc4c3c3cccc5ncn(c6cccc7c8ccccc8n4c76)c53)=N2)cc1. The molecule has 0 spiro atoms. The minimum atomic E-state index is -0.422. The molecule has 46 heavy (non-hydrogen) atoms. The van der Waals surface area contributed by atoms with Gasteiger partial charge in [-0.3, -0.25) is 9.39 Å². The van der Waals surface area contributed by atoms with Gasteiger partial charge in [-0.25, -0.2) is 4.98 Å². The fourth-order valence-electron chi connectivity index (χ4n) is 7.14. The standard InChI is InChI=1S/C40H25N6/c1-3-12-25(13-4-1)38-42-39(26-14-5-2-6-15-26)44-40(43-38)30-19-11-22-33-35(30)29-18-9-20-31-36(29)45(24-41-31)34-23-10-17-28-27-16-7-8-21-32(27)46(33)37(28)34/h1-24,38H/q-1. The summed E-state index contributed by atoms with van der Waals surface area (Å²) in [6.45, 7) is 0. The van der Waals surface area contributed by atoms with Crippen LogP contribution < -0.4 is 0 Å². The van der Waals surface area contributed by atoms with Crippen molar-refractivity contribution in [3.63, 3.8) is 0 Å². The Bertz CT molecular complexity index is 2720. The maximum atomic E-state index is 5.24. The van der Waals surface area contributed by atoms with Crippen LogP contribution in [0.15, 0.2) is 156 Å². The van der Waals surface area contributed by atoms with Gasteiger partial charge in [0.15, 0.2) is 0 Å². The third-order valence-corrected chi connectivity index (χ3v) is 9.13. The first-order valence-electron chi connectivity index (χ1n) is 15.4. The van der Waals surface area contributed by atoms with Crippen LogP contribution in [0.1, 0.15) is 22.9 Å². The van der Waals surface area contributed by atoms with Crippen LogP contribution >= 0.6 is 0 Å². The molecule has 1 aliphatic rings. The summed E-state index contributed by atoms with van der Waals surface area (Å²) in [4.78, 5) is 15.1. The van der Waals surface area contributed by atoms with Crippen LogP contribution in [-0.4, -0.2) is 25.5 Å². The molecule has 216 valence electrons. The quantitative estimate of drug-likeness (QED) is 0.202.